The van der Waals surface area contributed by atoms with E-state index in [0.717, 1.165) is 17.0 Å². The summed E-state index contributed by atoms with van der Waals surface area (Å²) in [5.74, 6) is 0.0237. The van der Waals surface area contributed by atoms with Crippen molar-refractivity contribution in [1.29, 1.82) is 0 Å². The Labute approximate surface area is 105 Å². The zero-order valence-electron chi connectivity index (χ0n) is 9.70. The van der Waals surface area contributed by atoms with Crippen LogP contribution in [0.2, 0.25) is 5.02 Å². The molecule has 0 aliphatic carbocycles. The molecular formula is C14H12ClNO. The first kappa shape index (κ1) is 11.8. The number of halogens is 1. The Morgan fingerprint density at radius 1 is 1.24 bits per heavy atom. The van der Waals surface area contributed by atoms with E-state index in [1.165, 1.54) is 6.92 Å². The number of carbonyl (C=O) groups is 1. The van der Waals surface area contributed by atoms with Crippen LogP contribution in [-0.2, 0) is 0 Å². The Hall–Kier alpha value is -1.67. The average Bonchev–Trinajstić information content (AvgIpc) is 2.29. The first-order chi connectivity index (χ1) is 8.08. The molecule has 0 amide bonds. The number of benzene rings is 1. The van der Waals surface area contributed by atoms with Gasteiger partial charge in [0.05, 0.1) is 10.7 Å². The largest absolute Gasteiger partial charge is 0.295 e. The van der Waals surface area contributed by atoms with Gasteiger partial charge in [0.15, 0.2) is 5.78 Å². The highest BCUT2D eigenvalue weighted by atomic mass is 35.5. The molecule has 3 heteroatoms. The maximum Gasteiger partial charge on any atom is 0.159 e. The second-order valence-electron chi connectivity index (χ2n) is 3.92. The molecule has 0 spiro atoms. The lowest BCUT2D eigenvalue weighted by molar-refractivity contribution is 0.101. The van der Waals surface area contributed by atoms with Gasteiger partial charge in [-0.25, -0.2) is 0 Å². The molecule has 0 bridgehead atoms. The van der Waals surface area contributed by atoms with Crippen LogP contribution in [0.15, 0.2) is 36.4 Å². The molecule has 86 valence electrons. The molecule has 1 aromatic heterocycles. The van der Waals surface area contributed by atoms with Crippen LogP contribution in [0.25, 0.3) is 11.3 Å². The molecule has 17 heavy (non-hydrogen) atoms. The fourth-order valence-corrected chi connectivity index (χ4v) is 1.85. The Balaban J connectivity index is 2.58. The van der Waals surface area contributed by atoms with Crippen LogP contribution >= 0.6 is 11.6 Å². The first-order valence-corrected chi connectivity index (χ1v) is 5.70. The summed E-state index contributed by atoms with van der Waals surface area (Å²) in [4.78, 5) is 15.8. The van der Waals surface area contributed by atoms with Crippen LogP contribution in [-0.4, -0.2) is 10.8 Å². The van der Waals surface area contributed by atoms with E-state index in [9.17, 15) is 4.79 Å². The molecule has 1 heterocycles. The third-order valence-electron chi connectivity index (χ3n) is 2.54. The van der Waals surface area contributed by atoms with Gasteiger partial charge in [-0.15, -0.1) is 0 Å². The minimum atomic E-state index is 0.0237. The van der Waals surface area contributed by atoms with Gasteiger partial charge in [0, 0.05) is 16.8 Å². The summed E-state index contributed by atoms with van der Waals surface area (Å²) in [7, 11) is 0. The molecule has 0 radical (unpaired) electrons. The smallest absolute Gasteiger partial charge is 0.159 e. The van der Waals surface area contributed by atoms with E-state index in [2.05, 4.69) is 4.98 Å². The lowest BCUT2D eigenvalue weighted by atomic mass is 10.0. The molecule has 0 aliphatic rings. The molecule has 2 nitrogen and oxygen atoms in total. The van der Waals surface area contributed by atoms with Crippen molar-refractivity contribution >= 4 is 17.4 Å². The summed E-state index contributed by atoms with van der Waals surface area (Å²) in [5, 5.41) is 0.605. The highest BCUT2D eigenvalue weighted by Gasteiger charge is 2.08. The normalized spacial score (nSPS) is 10.3. The van der Waals surface area contributed by atoms with Crippen molar-refractivity contribution in [2.75, 3.05) is 0 Å². The summed E-state index contributed by atoms with van der Waals surface area (Å²) >= 11 is 6.14. The van der Waals surface area contributed by atoms with Crippen molar-refractivity contribution < 1.29 is 4.79 Å². The number of nitrogens with zero attached hydrogens (tertiary/aromatic N) is 1. The fraction of sp³-hybridized carbons (Fsp3) is 0.143. The molecule has 0 saturated carbocycles. The Kier molecular flexibility index (Phi) is 3.25. The van der Waals surface area contributed by atoms with Crippen LogP contribution in [0.5, 0.6) is 0 Å². The van der Waals surface area contributed by atoms with Gasteiger partial charge in [-0.05, 0) is 44.2 Å². The van der Waals surface area contributed by atoms with E-state index in [-0.39, 0.29) is 5.78 Å². The minimum Gasteiger partial charge on any atom is -0.295 e. The summed E-state index contributed by atoms with van der Waals surface area (Å²) < 4.78 is 0. The van der Waals surface area contributed by atoms with Crippen LogP contribution in [0.3, 0.4) is 0 Å². The van der Waals surface area contributed by atoms with E-state index in [4.69, 9.17) is 11.6 Å². The minimum absolute atomic E-state index is 0.0237. The highest BCUT2D eigenvalue weighted by Crippen LogP contribution is 2.27. The number of carbonyl (C=O) groups excluding carboxylic acids is 1. The van der Waals surface area contributed by atoms with Crippen molar-refractivity contribution in [2.24, 2.45) is 0 Å². The number of hydrogen-bond donors (Lipinski definition) is 0. The Bertz CT molecular complexity index is 578. The highest BCUT2D eigenvalue weighted by molar-refractivity contribution is 6.33. The van der Waals surface area contributed by atoms with Crippen molar-refractivity contribution in [3.8, 4) is 11.3 Å². The Morgan fingerprint density at radius 3 is 2.65 bits per heavy atom. The molecule has 1 aromatic carbocycles. The van der Waals surface area contributed by atoms with Crippen LogP contribution in [0.4, 0.5) is 0 Å². The molecule has 0 N–H and O–H groups in total. The molecule has 0 saturated heterocycles. The zero-order chi connectivity index (χ0) is 12.4. The molecule has 2 rings (SSSR count). The number of pyridine rings is 1. The van der Waals surface area contributed by atoms with Crippen molar-refractivity contribution in [2.45, 2.75) is 13.8 Å². The second kappa shape index (κ2) is 4.68. The van der Waals surface area contributed by atoms with Crippen molar-refractivity contribution in [3.63, 3.8) is 0 Å². The molecule has 0 unspecified atom stereocenters. The van der Waals surface area contributed by atoms with E-state index in [1.54, 1.807) is 18.2 Å². The van der Waals surface area contributed by atoms with Gasteiger partial charge in [-0.1, -0.05) is 17.7 Å². The quantitative estimate of drug-likeness (QED) is 0.751. The van der Waals surface area contributed by atoms with Gasteiger partial charge in [0.1, 0.15) is 0 Å². The Morgan fingerprint density at radius 2 is 2.00 bits per heavy atom. The van der Waals surface area contributed by atoms with Gasteiger partial charge in [-0.3, -0.25) is 9.78 Å². The van der Waals surface area contributed by atoms with E-state index < -0.39 is 0 Å². The van der Waals surface area contributed by atoms with Gasteiger partial charge < -0.3 is 0 Å². The van der Waals surface area contributed by atoms with E-state index >= 15 is 0 Å². The summed E-state index contributed by atoms with van der Waals surface area (Å²) in [6.45, 7) is 3.46. The standard InChI is InChI=1S/C14H12ClNO/c1-9-4-3-5-14(16-9)12-8-11(10(2)17)6-7-13(12)15/h3-8H,1-2H3. The average molecular weight is 246 g/mol. The number of rotatable bonds is 2. The van der Waals surface area contributed by atoms with E-state index in [0.29, 0.717) is 10.6 Å². The van der Waals surface area contributed by atoms with Crippen LogP contribution in [0.1, 0.15) is 23.0 Å². The molecule has 2 aromatic rings. The number of hydrogen-bond acceptors (Lipinski definition) is 2. The van der Waals surface area contributed by atoms with Gasteiger partial charge in [0.25, 0.3) is 0 Å². The SMILES string of the molecule is CC(=O)c1ccc(Cl)c(-c2cccc(C)n2)c1. The number of ketones is 1. The van der Waals surface area contributed by atoms with Crippen LogP contribution < -0.4 is 0 Å². The number of Topliss-reactive ketones (excluding diaryl/α,β-unsaturated/α-hetero) is 1. The fourth-order valence-electron chi connectivity index (χ4n) is 1.63. The lowest BCUT2D eigenvalue weighted by Crippen LogP contribution is -1.94. The van der Waals surface area contributed by atoms with Gasteiger partial charge in [0.2, 0.25) is 0 Å². The summed E-state index contributed by atoms with van der Waals surface area (Å²) in [6, 6.07) is 11.0. The van der Waals surface area contributed by atoms with Crippen molar-refractivity contribution in [1.82, 2.24) is 4.98 Å². The van der Waals surface area contributed by atoms with Crippen LogP contribution in [0, 0.1) is 6.92 Å². The first-order valence-electron chi connectivity index (χ1n) is 5.32. The maximum absolute atomic E-state index is 11.3. The summed E-state index contributed by atoms with van der Waals surface area (Å²) in [6.07, 6.45) is 0. The molecule has 0 aliphatic heterocycles. The monoisotopic (exact) mass is 245 g/mol. The van der Waals surface area contributed by atoms with Gasteiger partial charge >= 0.3 is 0 Å². The molecule has 0 atom stereocenters. The number of aryl methyl sites for hydroxylation is 1. The third kappa shape index (κ3) is 2.53. The van der Waals surface area contributed by atoms with E-state index in [1.807, 2.05) is 25.1 Å². The third-order valence-corrected chi connectivity index (χ3v) is 2.87. The van der Waals surface area contributed by atoms with Gasteiger partial charge in [-0.2, -0.15) is 0 Å². The molecule has 0 fully saturated rings. The zero-order valence-corrected chi connectivity index (χ0v) is 10.5. The summed E-state index contributed by atoms with van der Waals surface area (Å²) in [5.41, 5.74) is 3.15. The maximum atomic E-state index is 11.3. The molecular weight excluding hydrogens is 234 g/mol. The van der Waals surface area contributed by atoms with Crippen molar-refractivity contribution in [3.05, 3.63) is 52.7 Å². The second-order valence-corrected chi connectivity index (χ2v) is 4.32. The topological polar surface area (TPSA) is 30.0 Å². The predicted octanol–water partition coefficient (Wildman–Crippen LogP) is 3.91. The predicted molar refractivity (Wildman–Crippen MR) is 69.4 cm³/mol. The number of aromatic nitrogens is 1. The lowest BCUT2D eigenvalue weighted by Gasteiger charge is -2.06.